The molecule has 1 aliphatic carbocycles. The van der Waals surface area contributed by atoms with Crippen molar-refractivity contribution in [2.75, 3.05) is 0 Å². The highest BCUT2D eigenvalue weighted by Crippen LogP contribution is 2.44. The monoisotopic (exact) mass is 324 g/mol. The zero-order chi connectivity index (χ0) is 17.3. The van der Waals surface area contributed by atoms with E-state index in [1.54, 1.807) is 0 Å². The molecule has 0 aromatic heterocycles. The number of carbonyl (C=O) groups is 3. The van der Waals surface area contributed by atoms with E-state index in [1.165, 1.54) is 0 Å². The Morgan fingerprint density at radius 1 is 1.00 bits per heavy atom. The number of rotatable bonds is 5. The first-order valence-corrected chi connectivity index (χ1v) is 7.48. The van der Waals surface area contributed by atoms with Gasteiger partial charge in [-0.1, -0.05) is 48.5 Å². The van der Waals surface area contributed by atoms with Gasteiger partial charge in [0, 0.05) is 0 Å². The summed E-state index contributed by atoms with van der Waals surface area (Å²) < 4.78 is 0. The Hall–Kier alpha value is -3.15. The summed E-state index contributed by atoms with van der Waals surface area (Å²) in [5, 5.41) is 11.3. The van der Waals surface area contributed by atoms with Gasteiger partial charge in [0.25, 0.3) is 0 Å². The molecule has 6 heteroatoms. The normalized spacial score (nSPS) is 13.7. The van der Waals surface area contributed by atoms with Crippen LogP contribution >= 0.6 is 0 Å². The SMILES string of the molecule is NC(=O)[C@H](CC(=O)O)NC(=O)C1c2ccccc2-c2ccccc21. The Balaban J connectivity index is 1.95. The highest BCUT2D eigenvalue weighted by Gasteiger charge is 2.35. The smallest absolute Gasteiger partial charge is 0.305 e. The van der Waals surface area contributed by atoms with E-state index in [-0.39, 0.29) is 0 Å². The summed E-state index contributed by atoms with van der Waals surface area (Å²) in [5.74, 6) is -3.10. The molecule has 0 heterocycles. The van der Waals surface area contributed by atoms with Crippen LogP contribution in [0.4, 0.5) is 0 Å². The number of aliphatic carboxylic acids is 1. The summed E-state index contributed by atoms with van der Waals surface area (Å²) in [7, 11) is 0. The fourth-order valence-electron chi connectivity index (χ4n) is 3.09. The maximum absolute atomic E-state index is 12.8. The van der Waals surface area contributed by atoms with Crippen LogP contribution < -0.4 is 11.1 Å². The Morgan fingerprint density at radius 2 is 1.50 bits per heavy atom. The number of primary amides is 1. The Bertz CT molecular complexity index is 786. The predicted octanol–water partition coefficient (Wildman–Crippen LogP) is 1.24. The topological polar surface area (TPSA) is 109 Å². The van der Waals surface area contributed by atoms with Gasteiger partial charge in [-0.05, 0) is 22.3 Å². The number of nitrogens with two attached hydrogens (primary N) is 1. The van der Waals surface area contributed by atoms with Crippen molar-refractivity contribution < 1.29 is 19.5 Å². The fourth-order valence-corrected chi connectivity index (χ4v) is 3.09. The minimum Gasteiger partial charge on any atom is -0.481 e. The van der Waals surface area contributed by atoms with E-state index in [0.29, 0.717) is 0 Å². The van der Waals surface area contributed by atoms with Crippen molar-refractivity contribution in [1.82, 2.24) is 5.32 Å². The number of fused-ring (bicyclic) bond motifs is 3. The molecule has 0 aliphatic heterocycles. The molecule has 3 rings (SSSR count). The van der Waals surface area contributed by atoms with Crippen LogP contribution in [0.25, 0.3) is 11.1 Å². The third-order valence-corrected chi connectivity index (χ3v) is 4.13. The first-order chi connectivity index (χ1) is 11.5. The lowest BCUT2D eigenvalue weighted by Crippen LogP contribution is -2.47. The molecule has 0 saturated carbocycles. The number of nitrogens with one attached hydrogen (secondary N) is 1. The van der Waals surface area contributed by atoms with Gasteiger partial charge in [-0.25, -0.2) is 0 Å². The minimum atomic E-state index is -1.24. The van der Waals surface area contributed by atoms with Gasteiger partial charge in [-0.3, -0.25) is 14.4 Å². The zero-order valence-corrected chi connectivity index (χ0v) is 12.7. The molecule has 1 aliphatic rings. The number of carboxylic acids is 1. The number of amides is 2. The number of hydrogen-bond donors (Lipinski definition) is 3. The molecule has 0 saturated heterocycles. The Morgan fingerprint density at radius 3 is 1.96 bits per heavy atom. The Kier molecular flexibility index (Phi) is 4.04. The van der Waals surface area contributed by atoms with E-state index < -0.39 is 36.2 Å². The molecule has 2 amide bonds. The lowest BCUT2D eigenvalue weighted by Gasteiger charge is -2.18. The highest BCUT2D eigenvalue weighted by atomic mass is 16.4. The second-order valence-electron chi connectivity index (χ2n) is 5.67. The molecule has 0 spiro atoms. The van der Waals surface area contributed by atoms with Gasteiger partial charge in [0.15, 0.2) is 0 Å². The van der Waals surface area contributed by atoms with Gasteiger partial charge in [-0.15, -0.1) is 0 Å². The van der Waals surface area contributed by atoms with E-state index in [4.69, 9.17) is 10.8 Å². The largest absolute Gasteiger partial charge is 0.481 e. The van der Waals surface area contributed by atoms with E-state index >= 15 is 0 Å². The molecule has 2 aromatic carbocycles. The molecule has 0 radical (unpaired) electrons. The average molecular weight is 324 g/mol. The summed E-state index contributed by atoms with van der Waals surface area (Å²) in [4.78, 5) is 35.0. The van der Waals surface area contributed by atoms with Crippen molar-refractivity contribution in [1.29, 1.82) is 0 Å². The molecule has 0 fully saturated rings. The maximum Gasteiger partial charge on any atom is 0.305 e. The van der Waals surface area contributed by atoms with Crippen LogP contribution in [0.2, 0.25) is 0 Å². The van der Waals surface area contributed by atoms with E-state index in [2.05, 4.69) is 5.32 Å². The maximum atomic E-state index is 12.8. The van der Waals surface area contributed by atoms with Gasteiger partial charge in [0.05, 0.1) is 12.3 Å². The third kappa shape index (κ3) is 2.74. The molecule has 0 bridgehead atoms. The summed E-state index contributed by atoms with van der Waals surface area (Å²) in [6.07, 6.45) is -0.545. The van der Waals surface area contributed by atoms with Gasteiger partial charge in [-0.2, -0.15) is 0 Å². The van der Waals surface area contributed by atoms with Gasteiger partial charge < -0.3 is 16.2 Å². The predicted molar refractivity (Wildman–Crippen MR) is 87.1 cm³/mol. The summed E-state index contributed by atoms with van der Waals surface area (Å²) >= 11 is 0. The summed E-state index contributed by atoms with van der Waals surface area (Å²) in [5.41, 5.74) is 8.78. The lowest BCUT2D eigenvalue weighted by atomic mass is 9.95. The van der Waals surface area contributed by atoms with E-state index in [0.717, 1.165) is 22.3 Å². The number of hydrogen-bond acceptors (Lipinski definition) is 3. The quantitative estimate of drug-likeness (QED) is 0.768. The molecule has 24 heavy (non-hydrogen) atoms. The number of benzene rings is 2. The molecular formula is C18H16N2O4. The summed E-state index contributed by atoms with van der Waals surface area (Å²) in [6.45, 7) is 0. The van der Waals surface area contributed by atoms with Crippen LogP contribution in [0.3, 0.4) is 0 Å². The molecular weight excluding hydrogens is 308 g/mol. The highest BCUT2D eigenvalue weighted by molar-refractivity contribution is 5.98. The van der Waals surface area contributed by atoms with Gasteiger partial charge >= 0.3 is 5.97 Å². The van der Waals surface area contributed by atoms with Crippen molar-refractivity contribution in [3.05, 3.63) is 59.7 Å². The fraction of sp³-hybridized carbons (Fsp3) is 0.167. The Labute approximate surface area is 138 Å². The molecule has 1 atom stereocenters. The zero-order valence-electron chi connectivity index (χ0n) is 12.7. The standard InChI is InChI=1S/C18H16N2O4/c19-17(23)14(9-15(21)22)20-18(24)16-12-7-3-1-5-10(12)11-6-2-4-8-13(11)16/h1-8,14,16H,9H2,(H2,19,23)(H,20,24)(H,21,22)/t14-/m0/s1. The second kappa shape index (κ2) is 6.16. The van der Waals surface area contributed by atoms with E-state index in [1.807, 2.05) is 48.5 Å². The van der Waals surface area contributed by atoms with Crippen LogP contribution in [-0.2, 0) is 14.4 Å². The molecule has 122 valence electrons. The van der Waals surface area contributed by atoms with Crippen LogP contribution in [0, 0.1) is 0 Å². The molecule has 0 unspecified atom stereocenters. The average Bonchev–Trinajstić information content (AvgIpc) is 2.88. The van der Waals surface area contributed by atoms with Gasteiger partial charge in [0.2, 0.25) is 11.8 Å². The first kappa shape index (κ1) is 15.7. The molecule has 2 aromatic rings. The second-order valence-corrected chi connectivity index (χ2v) is 5.67. The van der Waals surface area contributed by atoms with E-state index in [9.17, 15) is 14.4 Å². The summed E-state index contributed by atoms with van der Waals surface area (Å²) in [6, 6.07) is 13.8. The van der Waals surface area contributed by atoms with Crippen molar-refractivity contribution in [3.63, 3.8) is 0 Å². The molecule has 4 N–H and O–H groups in total. The molecule has 6 nitrogen and oxygen atoms in total. The van der Waals surface area contributed by atoms with Gasteiger partial charge in [0.1, 0.15) is 6.04 Å². The third-order valence-electron chi connectivity index (χ3n) is 4.13. The van der Waals surface area contributed by atoms with Crippen LogP contribution in [-0.4, -0.2) is 28.9 Å². The first-order valence-electron chi connectivity index (χ1n) is 7.48. The van der Waals surface area contributed by atoms with Crippen LogP contribution in [0.15, 0.2) is 48.5 Å². The van der Waals surface area contributed by atoms with Crippen LogP contribution in [0.5, 0.6) is 0 Å². The minimum absolute atomic E-state index is 0.433. The number of carbonyl (C=O) groups excluding carboxylic acids is 2. The van der Waals surface area contributed by atoms with Crippen molar-refractivity contribution in [2.24, 2.45) is 5.73 Å². The van der Waals surface area contributed by atoms with Crippen LogP contribution in [0.1, 0.15) is 23.5 Å². The lowest BCUT2D eigenvalue weighted by molar-refractivity contribution is -0.140. The van der Waals surface area contributed by atoms with Crippen molar-refractivity contribution in [3.8, 4) is 11.1 Å². The van der Waals surface area contributed by atoms with Crippen molar-refractivity contribution in [2.45, 2.75) is 18.4 Å². The number of carboxylic acid groups (broad SMARTS) is 1. The van der Waals surface area contributed by atoms with Crippen molar-refractivity contribution >= 4 is 17.8 Å².